The van der Waals surface area contributed by atoms with Crippen LogP contribution in [0.3, 0.4) is 0 Å². The second-order valence-electron chi connectivity index (χ2n) is 8.07. The molecule has 2 aromatic rings. The van der Waals surface area contributed by atoms with Crippen LogP contribution in [0.2, 0.25) is 0 Å². The second-order valence-corrected chi connectivity index (χ2v) is 8.07. The molecule has 0 unspecified atom stereocenters. The number of carbonyl (C=O) groups excluding carboxylic acids is 1. The van der Waals surface area contributed by atoms with Gasteiger partial charge in [-0.3, -0.25) is 4.79 Å². The van der Waals surface area contributed by atoms with Crippen molar-refractivity contribution in [3.05, 3.63) is 59.7 Å². The third-order valence-electron chi connectivity index (χ3n) is 6.26. The summed E-state index contributed by atoms with van der Waals surface area (Å²) >= 11 is 0. The van der Waals surface area contributed by atoms with Crippen molar-refractivity contribution in [1.29, 1.82) is 0 Å². The molecule has 0 aromatic heterocycles. The highest BCUT2D eigenvalue weighted by Crippen LogP contribution is 2.64. The fourth-order valence-electron chi connectivity index (χ4n) is 4.74. The Morgan fingerprint density at radius 2 is 1.57 bits per heavy atom. The minimum absolute atomic E-state index is 0.0839. The van der Waals surface area contributed by atoms with Gasteiger partial charge in [-0.25, -0.2) is 0 Å². The molecule has 0 aliphatic carbocycles. The van der Waals surface area contributed by atoms with Gasteiger partial charge in [0.25, 0.3) is 5.91 Å². The van der Waals surface area contributed by atoms with Crippen molar-refractivity contribution in [1.82, 2.24) is 0 Å². The van der Waals surface area contributed by atoms with Crippen LogP contribution in [0.4, 0.5) is 5.69 Å². The van der Waals surface area contributed by atoms with E-state index in [1.54, 1.807) is 0 Å². The van der Waals surface area contributed by atoms with E-state index in [9.17, 15) is 4.79 Å². The first kappa shape index (κ1) is 17.7. The molecule has 1 fully saturated rings. The number of hydrogen-bond donors (Lipinski definition) is 0. The fraction of sp³-hybridized carbons (Fsp3) is 0.458. The largest absolute Gasteiger partial charge is 0.493 e. The Morgan fingerprint density at radius 1 is 0.857 bits per heavy atom. The van der Waals surface area contributed by atoms with E-state index in [1.165, 1.54) is 32.1 Å². The van der Waals surface area contributed by atoms with Gasteiger partial charge < -0.3 is 14.4 Å². The molecule has 1 amide bonds. The van der Waals surface area contributed by atoms with Crippen LogP contribution in [0.1, 0.15) is 62.2 Å². The van der Waals surface area contributed by atoms with E-state index < -0.39 is 5.60 Å². The zero-order chi connectivity index (χ0) is 19.0. The number of epoxide rings is 1. The summed E-state index contributed by atoms with van der Waals surface area (Å²) in [5.41, 5.74) is 2.13. The van der Waals surface area contributed by atoms with Crippen LogP contribution in [0, 0.1) is 0 Å². The van der Waals surface area contributed by atoms with Crippen LogP contribution in [0.25, 0.3) is 0 Å². The molecule has 0 radical (unpaired) electrons. The summed E-state index contributed by atoms with van der Waals surface area (Å²) in [5, 5.41) is 0. The normalized spacial score (nSPS) is 27.4. The molecule has 2 atom stereocenters. The molecule has 2 aromatic carbocycles. The number of carbonyl (C=O) groups is 1. The van der Waals surface area contributed by atoms with Gasteiger partial charge in [-0.05, 0) is 25.0 Å². The van der Waals surface area contributed by atoms with E-state index in [4.69, 9.17) is 9.47 Å². The summed E-state index contributed by atoms with van der Waals surface area (Å²) in [6.07, 6.45) is 7.97. The second kappa shape index (κ2) is 7.25. The van der Waals surface area contributed by atoms with Crippen LogP contribution in [-0.4, -0.2) is 19.1 Å². The molecule has 5 rings (SSSR count). The molecule has 4 nitrogen and oxygen atoms in total. The summed E-state index contributed by atoms with van der Waals surface area (Å²) in [6.45, 7) is 1.49. The van der Waals surface area contributed by atoms with E-state index in [-0.39, 0.29) is 12.0 Å². The maximum absolute atomic E-state index is 13.5. The predicted molar refractivity (Wildman–Crippen MR) is 109 cm³/mol. The van der Waals surface area contributed by atoms with Crippen LogP contribution in [-0.2, 0) is 15.1 Å². The molecule has 28 heavy (non-hydrogen) atoms. The minimum Gasteiger partial charge on any atom is -0.493 e. The van der Waals surface area contributed by atoms with Crippen molar-refractivity contribution < 1.29 is 14.3 Å². The Kier molecular flexibility index (Phi) is 4.59. The molecule has 3 aliphatic heterocycles. The predicted octanol–water partition coefficient (Wildman–Crippen LogP) is 5.12. The maximum Gasteiger partial charge on any atom is 0.267 e. The van der Waals surface area contributed by atoms with Crippen molar-refractivity contribution >= 4 is 11.6 Å². The lowest BCUT2D eigenvalue weighted by atomic mass is 9.92. The van der Waals surface area contributed by atoms with Crippen molar-refractivity contribution in [2.24, 2.45) is 0 Å². The highest BCUT2D eigenvalue weighted by molar-refractivity contribution is 6.09. The maximum atomic E-state index is 13.5. The number of rotatable bonds is 0. The number of anilines is 1. The molecule has 146 valence electrons. The van der Waals surface area contributed by atoms with Gasteiger partial charge in [0.15, 0.2) is 0 Å². The lowest BCUT2D eigenvalue weighted by molar-refractivity contribution is -0.123. The Hall–Kier alpha value is -2.33. The van der Waals surface area contributed by atoms with Crippen molar-refractivity contribution in [3.8, 4) is 5.75 Å². The van der Waals surface area contributed by atoms with Gasteiger partial charge in [-0.1, -0.05) is 68.5 Å². The van der Waals surface area contributed by atoms with Gasteiger partial charge in [0.05, 0.1) is 12.3 Å². The van der Waals surface area contributed by atoms with Crippen LogP contribution >= 0.6 is 0 Å². The molecule has 4 heteroatoms. The van der Waals surface area contributed by atoms with E-state index in [0.29, 0.717) is 6.61 Å². The SMILES string of the molecule is O=C1N2CCCCCCCCCOc3ccccc3[C@@H]3O[C@]13c1ccccc12. The molecular weight excluding hydrogens is 350 g/mol. The third kappa shape index (κ3) is 2.82. The Balaban J connectivity index is 1.52. The van der Waals surface area contributed by atoms with Gasteiger partial charge >= 0.3 is 0 Å². The van der Waals surface area contributed by atoms with E-state index in [0.717, 1.165) is 42.0 Å². The average molecular weight is 377 g/mol. The van der Waals surface area contributed by atoms with Gasteiger partial charge in [-0.2, -0.15) is 0 Å². The number of fused-ring (bicyclic) bond motifs is 5. The number of ether oxygens (including phenoxy) is 2. The molecule has 1 spiro atoms. The molecule has 1 saturated heterocycles. The summed E-state index contributed by atoms with van der Waals surface area (Å²) in [7, 11) is 0. The van der Waals surface area contributed by atoms with Crippen LogP contribution in [0.15, 0.2) is 48.5 Å². The zero-order valence-electron chi connectivity index (χ0n) is 16.2. The van der Waals surface area contributed by atoms with Crippen molar-refractivity contribution in [2.45, 2.75) is 56.7 Å². The summed E-state index contributed by atoms with van der Waals surface area (Å²) in [5.74, 6) is 0.931. The molecule has 3 heterocycles. The molecule has 3 aliphatic rings. The van der Waals surface area contributed by atoms with Gasteiger partial charge in [-0.15, -0.1) is 0 Å². The zero-order valence-corrected chi connectivity index (χ0v) is 16.2. The standard InChI is InChI=1S/C24H27NO3/c26-23-24-19-13-7-8-14-20(19)25(23)16-10-4-2-1-3-5-11-17-27-21-15-9-6-12-18(21)22(24)28-24/h6-9,12-15,22H,1-5,10-11,16-17H2/t22-,24-/m0/s1. The Labute approximate surface area is 166 Å². The first-order chi connectivity index (χ1) is 13.8. The number of nitrogens with zero attached hydrogens (tertiary/aromatic N) is 1. The average Bonchev–Trinajstić information content (AvgIpc) is 3.43. The smallest absolute Gasteiger partial charge is 0.267 e. The van der Waals surface area contributed by atoms with Crippen molar-refractivity contribution in [2.75, 3.05) is 18.1 Å². The first-order valence-electron chi connectivity index (χ1n) is 10.6. The topological polar surface area (TPSA) is 42.1 Å². The highest BCUT2D eigenvalue weighted by atomic mass is 16.6. The molecule has 0 saturated carbocycles. The summed E-state index contributed by atoms with van der Waals surface area (Å²) in [6, 6.07) is 16.1. The lowest BCUT2D eigenvalue weighted by Gasteiger charge is -2.17. The number of benzene rings is 2. The van der Waals surface area contributed by atoms with Crippen LogP contribution < -0.4 is 9.64 Å². The highest BCUT2D eigenvalue weighted by Gasteiger charge is 2.70. The Bertz CT molecular complexity index is 880. The number of para-hydroxylation sites is 2. The van der Waals surface area contributed by atoms with Crippen molar-refractivity contribution in [3.63, 3.8) is 0 Å². The number of hydrogen-bond acceptors (Lipinski definition) is 3. The first-order valence-corrected chi connectivity index (χ1v) is 10.6. The van der Waals surface area contributed by atoms with E-state index >= 15 is 0 Å². The van der Waals surface area contributed by atoms with E-state index in [2.05, 4.69) is 6.07 Å². The van der Waals surface area contributed by atoms with Crippen LogP contribution in [0.5, 0.6) is 5.75 Å². The van der Waals surface area contributed by atoms with Gasteiger partial charge in [0, 0.05) is 17.7 Å². The monoisotopic (exact) mass is 377 g/mol. The number of amides is 1. The molecular formula is C24H27NO3. The third-order valence-corrected chi connectivity index (χ3v) is 6.26. The summed E-state index contributed by atoms with van der Waals surface area (Å²) in [4.78, 5) is 15.4. The van der Waals surface area contributed by atoms with Gasteiger partial charge in [0.2, 0.25) is 5.60 Å². The molecule has 2 bridgehead atoms. The summed E-state index contributed by atoms with van der Waals surface area (Å²) < 4.78 is 12.3. The van der Waals surface area contributed by atoms with E-state index in [1.807, 2.05) is 47.4 Å². The quantitative estimate of drug-likeness (QED) is 0.598. The van der Waals surface area contributed by atoms with Gasteiger partial charge in [0.1, 0.15) is 11.9 Å². The fourth-order valence-corrected chi connectivity index (χ4v) is 4.74. The molecule has 0 N–H and O–H groups in total. The minimum atomic E-state index is -0.868. The Morgan fingerprint density at radius 3 is 2.46 bits per heavy atom. The lowest BCUT2D eigenvalue weighted by Crippen LogP contribution is -2.34.